The van der Waals surface area contributed by atoms with Crippen LogP contribution in [0.1, 0.15) is 0 Å². The van der Waals surface area contributed by atoms with Crippen molar-refractivity contribution < 1.29 is 14.3 Å². The van der Waals surface area contributed by atoms with Crippen LogP contribution in [0.3, 0.4) is 0 Å². The molecule has 0 fully saturated rings. The Morgan fingerprint density at radius 2 is 2.04 bits per heavy atom. The lowest BCUT2D eigenvalue weighted by Crippen LogP contribution is -2.03. The zero-order valence-electron chi connectivity index (χ0n) is 13.7. The van der Waals surface area contributed by atoms with Crippen LogP contribution in [0, 0.1) is 0 Å². The molecule has 0 radical (unpaired) electrons. The molecule has 0 atom stereocenters. The number of methoxy groups -OCH3 is 1. The largest absolute Gasteiger partial charge is 0.504 e. The first-order chi connectivity index (χ1) is 12.7. The number of para-hydroxylation sites is 3. The summed E-state index contributed by atoms with van der Waals surface area (Å²) in [6.45, 7) is 0. The molecule has 0 saturated heterocycles. The number of rotatable bonds is 4. The molecule has 7 heteroatoms. The van der Waals surface area contributed by atoms with E-state index in [2.05, 4.69) is 10.3 Å². The van der Waals surface area contributed by atoms with Gasteiger partial charge < -0.3 is 19.6 Å². The molecule has 6 nitrogen and oxygen atoms in total. The fraction of sp³-hybridized carbons (Fsp3) is 0.0526. The van der Waals surface area contributed by atoms with Gasteiger partial charge in [0, 0.05) is 10.8 Å². The number of fused-ring (bicyclic) bond motifs is 1. The molecule has 4 rings (SSSR count). The molecule has 2 N–H and O–H groups in total. The van der Waals surface area contributed by atoms with Crippen molar-refractivity contribution in [2.45, 2.75) is 0 Å². The lowest BCUT2D eigenvalue weighted by atomic mass is 10.1. The fourth-order valence-electron chi connectivity index (χ4n) is 2.63. The highest BCUT2D eigenvalue weighted by Crippen LogP contribution is 2.32. The number of nitrogens with one attached hydrogen (secondary N) is 1. The van der Waals surface area contributed by atoms with Gasteiger partial charge in [0.25, 0.3) is 0 Å². The second kappa shape index (κ2) is 6.53. The molecule has 4 aromatic rings. The molecule has 0 aliphatic heterocycles. The Kier molecular flexibility index (Phi) is 4.06. The zero-order chi connectivity index (χ0) is 18.1. The highest BCUT2D eigenvalue weighted by atomic mass is 32.1. The number of anilines is 2. The first-order valence-electron chi connectivity index (χ1n) is 7.77. The van der Waals surface area contributed by atoms with Crippen LogP contribution in [0.15, 0.2) is 63.1 Å². The van der Waals surface area contributed by atoms with Gasteiger partial charge in [-0.15, -0.1) is 11.3 Å². The van der Waals surface area contributed by atoms with E-state index in [4.69, 9.17) is 9.15 Å². The molecular formula is C19H14N2O4S. The van der Waals surface area contributed by atoms with Crippen LogP contribution in [0.5, 0.6) is 11.5 Å². The molecule has 130 valence electrons. The number of hydrogen-bond acceptors (Lipinski definition) is 7. The SMILES string of the molecule is COc1ccccc1Nc1nc(-c2cc3cccc(O)c3oc2=O)cs1. The van der Waals surface area contributed by atoms with E-state index in [1.165, 1.54) is 17.4 Å². The van der Waals surface area contributed by atoms with E-state index < -0.39 is 5.63 Å². The average molecular weight is 366 g/mol. The minimum atomic E-state index is -0.548. The summed E-state index contributed by atoms with van der Waals surface area (Å²) >= 11 is 1.37. The number of benzene rings is 2. The Balaban J connectivity index is 1.71. The molecule has 0 amide bonds. The van der Waals surface area contributed by atoms with Crippen LogP contribution in [0.2, 0.25) is 0 Å². The van der Waals surface area contributed by atoms with E-state index in [0.717, 1.165) is 5.69 Å². The molecule has 0 saturated carbocycles. The minimum Gasteiger partial charge on any atom is -0.504 e. The molecule has 2 aromatic carbocycles. The van der Waals surface area contributed by atoms with Crippen molar-refractivity contribution in [1.82, 2.24) is 4.98 Å². The van der Waals surface area contributed by atoms with Gasteiger partial charge in [0.2, 0.25) is 0 Å². The summed E-state index contributed by atoms with van der Waals surface area (Å²) in [6, 6.07) is 14.1. The number of aromatic nitrogens is 1. The van der Waals surface area contributed by atoms with Crippen molar-refractivity contribution in [3.63, 3.8) is 0 Å². The molecule has 0 spiro atoms. The summed E-state index contributed by atoms with van der Waals surface area (Å²) < 4.78 is 10.6. The topological polar surface area (TPSA) is 84.6 Å². The molecule has 0 aliphatic rings. The van der Waals surface area contributed by atoms with Crippen LogP contribution < -0.4 is 15.7 Å². The van der Waals surface area contributed by atoms with E-state index in [1.54, 1.807) is 30.7 Å². The van der Waals surface area contributed by atoms with Gasteiger partial charge in [0.1, 0.15) is 5.75 Å². The summed E-state index contributed by atoms with van der Waals surface area (Å²) in [6.07, 6.45) is 0. The number of thiazole rings is 1. The normalized spacial score (nSPS) is 10.8. The van der Waals surface area contributed by atoms with Crippen molar-refractivity contribution in [3.05, 3.63) is 64.3 Å². The Hall–Kier alpha value is -3.32. The number of nitrogens with zero attached hydrogens (tertiary/aromatic N) is 1. The standard InChI is InChI=1S/C19H14N2O4S/c1-24-16-8-3-2-6-13(16)20-19-21-14(10-26-19)12-9-11-5-4-7-15(22)17(11)25-18(12)23/h2-10,22H,1H3,(H,20,21). The maximum Gasteiger partial charge on any atom is 0.345 e. The number of aromatic hydroxyl groups is 1. The van der Waals surface area contributed by atoms with Gasteiger partial charge in [-0.25, -0.2) is 9.78 Å². The summed E-state index contributed by atoms with van der Waals surface area (Å²) in [5.74, 6) is 0.632. The van der Waals surface area contributed by atoms with Crippen molar-refractivity contribution in [1.29, 1.82) is 0 Å². The molecule has 2 heterocycles. The van der Waals surface area contributed by atoms with E-state index in [9.17, 15) is 9.90 Å². The third-order valence-corrected chi connectivity index (χ3v) is 4.63. The molecule has 0 bridgehead atoms. The maximum absolute atomic E-state index is 12.3. The first kappa shape index (κ1) is 16.2. The van der Waals surface area contributed by atoms with Gasteiger partial charge in [0.05, 0.1) is 24.1 Å². The van der Waals surface area contributed by atoms with Gasteiger partial charge >= 0.3 is 5.63 Å². The number of ether oxygens (including phenoxy) is 1. The Morgan fingerprint density at radius 3 is 2.88 bits per heavy atom. The van der Waals surface area contributed by atoms with Gasteiger partial charge in [0.15, 0.2) is 16.5 Å². The third kappa shape index (κ3) is 2.89. The van der Waals surface area contributed by atoms with Crippen molar-refractivity contribution in [3.8, 4) is 22.8 Å². The van der Waals surface area contributed by atoms with E-state index in [0.29, 0.717) is 27.5 Å². The highest BCUT2D eigenvalue weighted by molar-refractivity contribution is 7.14. The van der Waals surface area contributed by atoms with E-state index in [1.807, 2.05) is 24.3 Å². The second-order valence-electron chi connectivity index (χ2n) is 5.51. The molecule has 0 aliphatic carbocycles. The summed E-state index contributed by atoms with van der Waals surface area (Å²) in [7, 11) is 1.60. The quantitative estimate of drug-likeness (QED) is 0.522. The van der Waals surface area contributed by atoms with Crippen molar-refractivity contribution >= 4 is 33.1 Å². The molecular weight excluding hydrogens is 352 g/mol. The number of phenols is 1. The second-order valence-corrected chi connectivity index (χ2v) is 6.36. The summed E-state index contributed by atoms with van der Waals surface area (Å²) in [5, 5.41) is 16.0. The van der Waals surface area contributed by atoms with Gasteiger partial charge in [-0.05, 0) is 24.3 Å². The summed E-state index contributed by atoms with van der Waals surface area (Å²) in [4.78, 5) is 16.8. The predicted octanol–water partition coefficient (Wildman–Crippen LogP) is 4.37. The number of phenolic OH excluding ortho intramolecular Hbond substituents is 1. The number of hydrogen-bond donors (Lipinski definition) is 2. The lowest BCUT2D eigenvalue weighted by molar-refractivity contribution is 0.417. The van der Waals surface area contributed by atoms with Crippen LogP contribution in [0.25, 0.3) is 22.2 Å². The zero-order valence-corrected chi connectivity index (χ0v) is 14.5. The van der Waals surface area contributed by atoms with Gasteiger partial charge in [-0.2, -0.15) is 0 Å². The fourth-order valence-corrected chi connectivity index (χ4v) is 3.35. The van der Waals surface area contributed by atoms with Gasteiger partial charge in [-0.1, -0.05) is 24.3 Å². The Bertz CT molecular complexity index is 1150. The first-order valence-corrected chi connectivity index (χ1v) is 8.65. The Morgan fingerprint density at radius 1 is 1.19 bits per heavy atom. The molecule has 0 unspecified atom stereocenters. The molecule has 2 aromatic heterocycles. The molecule has 26 heavy (non-hydrogen) atoms. The van der Waals surface area contributed by atoms with Crippen molar-refractivity contribution in [2.75, 3.05) is 12.4 Å². The lowest BCUT2D eigenvalue weighted by Gasteiger charge is -2.08. The highest BCUT2D eigenvalue weighted by Gasteiger charge is 2.14. The van der Waals surface area contributed by atoms with Crippen LogP contribution in [0.4, 0.5) is 10.8 Å². The third-order valence-electron chi connectivity index (χ3n) is 3.87. The average Bonchev–Trinajstić information content (AvgIpc) is 3.11. The summed E-state index contributed by atoms with van der Waals surface area (Å²) in [5.41, 5.74) is 1.25. The van der Waals surface area contributed by atoms with E-state index >= 15 is 0 Å². The smallest absolute Gasteiger partial charge is 0.345 e. The predicted molar refractivity (Wildman–Crippen MR) is 102 cm³/mol. The van der Waals surface area contributed by atoms with Crippen LogP contribution in [-0.4, -0.2) is 17.2 Å². The van der Waals surface area contributed by atoms with Gasteiger partial charge in [-0.3, -0.25) is 0 Å². The van der Waals surface area contributed by atoms with Crippen molar-refractivity contribution in [2.24, 2.45) is 0 Å². The van der Waals surface area contributed by atoms with E-state index in [-0.39, 0.29) is 11.3 Å². The van der Waals surface area contributed by atoms with Crippen LogP contribution in [-0.2, 0) is 0 Å². The minimum absolute atomic E-state index is 0.0667. The van der Waals surface area contributed by atoms with Crippen LogP contribution >= 0.6 is 11.3 Å². The monoisotopic (exact) mass is 366 g/mol. The maximum atomic E-state index is 12.3. The Labute approximate surface area is 152 Å².